The van der Waals surface area contributed by atoms with Crippen molar-refractivity contribution >= 4 is 11.2 Å². The molecule has 3 aromatic rings. The number of hydrogen-bond acceptors (Lipinski definition) is 6. The molecule has 2 unspecified atom stereocenters. The Bertz CT molecular complexity index is 1300. The molecule has 1 aromatic carbocycles. The Labute approximate surface area is 183 Å². The topological polar surface area (TPSA) is 108 Å². The normalized spacial score (nSPS) is 19.5. The van der Waals surface area contributed by atoms with Gasteiger partial charge < -0.3 is 21.2 Å². The summed E-state index contributed by atoms with van der Waals surface area (Å²) >= 11 is 0. The molecule has 9 heteroatoms. The molecular weight excluding hydrogens is 413 g/mol. The van der Waals surface area contributed by atoms with Crippen LogP contribution >= 0.6 is 0 Å². The molecule has 2 fully saturated rings. The Hall–Kier alpha value is -3.33. The minimum atomic E-state index is -0.802. The van der Waals surface area contributed by atoms with Crippen LogP contribution in [0.1, 0.15) is 42.3 Å². The van der Waals surface area contributed by atoms with Gasteiger partial charge in [0.05, 0.1) is 18.9 Å². The molecule has 3 heterocycles. The largest absolute Gasteiger partial charge is 0.492 e. The maximum atomic E-state index is 15.4. The van der Waals surface area contributed by atoms with Crippen molar-refractivity contribution < 1.29 is 9.13 Å². The third-order valence-electron chi connectivity index (χ3n) is 6.68. The molecule has 0 amide bonds. The lowest BCUT2D eigenvalue weighted by molar-refractivity contribution is 0.412. The molecule has 168 valence electrons. The molecule has 8 nitrogen and oxygen atoms in total. The van der Waals surface area contributed by atoms with Crippen molar-refractivity contribution in [1.29, 1.82) is 0 Å². The van der Waals surface area contributed by atoms with Crippen molar-refractivity contribution in [3.8, 4) is 5.75 Å². The number of rotatable bonds is 5. The molecular formula is C23H26FN5O3. The lowest BCUT2D eigenvalue weighted by Gasteiger charge is -2.25. The SMILES string of the molecule is COc1c(N2CCC(C(N)c3ccccc3)C2)c(F)cn2c(=O)n(N)c(=O)c(C3CC3)c12. The first-order valence-electron chi connectivity index (χ1n) is 10.8. The van der Waals surface area contributed by atoms with Crippen LogP contribution in [0.15, 0.2) is 46.1 Å². The van der Waals surface area contributed by atoms with Crippen LogP contribution in [0.4, 0.5) is 10.1 Å². The fraction of sp³-hybridized carbons (Fsp3) is 0.391. The summed E-state index contributed by atoms with van der Waals surface area (Å²) in [4.78, 5) is 27.4. The van der Waals surface area contributed by atoms with Crippen LogP contribution in [-0.4, -0.2) is 29.3 Å². The molecule has 5 rings (SSSR count). The Kier molecular flexibility index (Phi) is 4.93. The summed E-state index contributed by atoms with van der Waals surface area (Å²) in [5, 5.41) is 0. The maximum absolute atomic E-state index is 15.4. The van der Waals surface area contributed by atoms with E-state index >= 15 is 4.39 Å². The van der Waals surface area contributed by atoms with Crippen molar-refractivity contribution in [1.82, 2.24) is 9.08 Å². The lowest BCUT2D eigenvalue weighted by atomic mass is 9.93. The summed E-state index contributed by atoms with van der Waals surface area (Å²) in [6.07, 6.45) is 3.53. The highest BCUT2D eigenvalue weighted by molar-refractivity contribution is 5.78. The smallest absolute Gasteiger partial charge is 0.354 e. The number of fused-ring (bicyclic) bond motifs is 1. The zero-order valence-corrected chi connectivity index (χ0v) is 17.8. The highest BCUT2D eigenvalue weighted by Gasteiger charge is 2.36. The van der Waals surface area contributed by atoms with E-state index in [4.69, 9.17) is 16.3 Å². The average Bonchev–Trinajstić information content (AvgIpc) is 3.53. The van der Waals surface area contributed by atoms with Crippen LogP contribution in [0.25, 0.3) is 5.52 Å². The van der Waals surface area contributed by atoms with Gasteiger partial charge >= 0.3 is 5.69 Å². The second-order valence-corrected chi connectivity index (χ2v) is 8.65. The molecule has 1 aliphatic carbocycles. The number of nitrogens with two attached hydrogens (primary N) is 2. The third-order valence-corrected chi connectivity index (χ3v) is 6.68. The minimum Gasteiger partial charge on any atom is -0.492 e. The number of hydrogen-bond donors (Lipinski definition) is 2. The quantitative estimate of drug-likeness (QED) is 0.586. The van der Waals surface area contributed by atoms with Crippen molar-refractivity contribution in [2.24, 2.45) is 11.7 Å². The average molecular weight is 439 g/mol. The zero-order chi connectivity index (χ0) is 22.6. The summed E-state index contributed by atoms with van der Waals surface area (Å²) in [5.74, 6) is 5.40. The Balaban J connectivity index is 1.62. The molecule has 2 aliphatic rings. The minimum absolute atomic E-state index is 0.0158. The molecule has 32 heavy (non-hydrogen) atoms. The van der Waals surface area contributed by atoms with Gasteiger partial charge in [0.15, 0.2) is 11.6 Å². The Morgan fingerprint density at radius 3 is 2.53 bits per heavy atom. The van der Waals surface area contributed by atoms with E-state index < -0.39 is 17.1 Å². The number of aromatic nitrogens is 2. The fourth-order valence-corrected chi connectivity index (χ4v) is 4.86. The van der Waals surface area contributed by atoms with E-state index in [9.17, 15) is 9.59 Å². The zero-order valence-electron chi connectivity index (χ0n) is 17.8. The predicted octanol–water partition coefficient (Wildman–Crippen LogP) is 1.73. The van der Waals surface area contributed by atoms with Crippen molar-refractivity contribution in [2.45, 2.75) is 31.2 Å². The van der Waals surface area contributed by atoms with Crippen LogP contribution in [0.3, 0.4) is 0 Å². The second kappa shape index (κ2) is 7.67. The molecule has 1 saturated heterocycles. The van der Waals surface area contributed by atoms with Gasteiger partial charge in [-0.25, -0.2) is 9.18 Å². The molecule has 4 N–H and O–H groups in total. The van der Waals surface area contributed by atoms with Gasteiger partial charge in [-0.1, -0.05) is 30.3 Å². The number of pyridine rings is 1. The third kappa shape index (κ3) is 3.15. The van der Waals surface area contributed by atoms with E-state index in [0.29, 0.717) is 28.8 Å². The summed E-state index contributed by atoms with van der Waals surface area (Å²) in [6.45, 7) is 1.13. The van der Waals surface area contributed by atoms with Crippen molar-refractivity contribution in [2.75, 3.05) is 30.9 Å². The van der Waals surface area contributed by atoms with Crippen LogP contribution in [0.5, 0.6) is 5.75 Å². The molecule has 1 saturated carbocycles. The highest BCUT2D eigenvalue weighted by Crippen LogP contribution is 2.45. The summed E-state index contributed by atoms with van der Waals surface area (Å²) < 4.78 is 22.7. The van der Waals surface area contributed by atoms with Gasteiger partial charge in [0.2, 0.25) is 0 Å². The Morgan fingerprint density at radius 2 is 1.88 bits per heavy atom. The predicted molar refractivity (Wildman–Crippen MR) is 120 cm³/mol. The number of benzene rings is 1. The van der Waals surface area contributed by atoms with Gasteiger partial charge in [0.25, 0.3) is 5.56 Å². The van der Waals surface area contributed by atoms with E-state index in [-0.39, 0.29) is 29.3 Å². The van der Waals surface area contributed by atoms with E-state index in [2.05, 4.69) is 0 Å². The van der Waals surface area contributed by atoms with Crippen molar-refractivity contribution in [3.05, 3.63) is 74.3 Å². The lowest BCUT2D eigenvalue weighted by Crippen LogP contribution is -2.44. The van der Waals surface area contributed by atoms with Gasteiger partial charge in [-0.05, 0) is 36.7 Å². The number of nitrogens with zero attached hydrogens (tertiary/aromatic N) is 3. The van der Waals surface area contributed by atoms with Gasteiger partial charge in [-0.15, -0.1) is 0 Å². The molecule has 0 radical (unpaired) electrons. The Morgan fingerprint density at radius 1 is 1.16 bits per heavy atom. The monoisotopic (exact) mass is 439 g/mol. The molecule has 1 aliphatic heterocycles. The number of halogens is 1. The van der Waals surface area contributed by atoms with E-state index in [1.807, 2.05) is 35.2 Å². The highest BCUT2D eigenvalue weighted by atomic mass is 19.1. The van der Waals surface area contributed by atoms with Gasteiger partial charge in [-0.2, -0.15) is 4.68 Å². The van der Waals surface area contributed by atoms with Crippen molar-refractivity contribution in [3.63, 3.8) is 0 Å². The number of ether oxygens (including phenoxy) is 1. The van der Waals surface area contributed by atoms with Crippen LogP contribution < -0.4 is 32.5 Å². The first-order valence-corrected chi connectivity index (χ1v) is 10.8. The maximum Gasteiger partial charge on any atom is 0.354 e. The standard InChI is InChI=1S/C23H26FN5O3/c1-32-21-19(27-10-9-15(11-27)18(25)14-5-3-2-4-6-14)16(24)12-28-20(21)17(13-7-8-13)22(30)29(26)23(28)31/h2-6,12-13,15,18H,7-11,25-26H2,1H3. The van der Waals surface area contributed by atoms with Crippen LogP contribution in [-0.2, 0) is 0 Å². The molecule has 2 aromatic heterocycles. The number of nitrogen functional groups attached to an aromatic ring is 1. The molecule has 2 atom stereocenters. The molecule has 0 bridgehead atoms. The number of anilines is 1. The molecule has 0 spiro atoms. The summed E-state index contributed by atoms with van der Waals surface area (Å²) in [7, 11) is 1.43. The number of methoxy groups -OCH3 is 1. The van der Waals surface area contributed by atoms with E-state index in [1.54, 1.807) is 0 Å². The second-order valence-electron chi connectivity index (χ2n) is 8.65. The van der Waals surface area contributed by atoms with Gasteiger partial charge in [0.1, 0.15) is 11.2 Å². The first kappa shape index (κ1) is 20.6. The van der Waals surface area contributed by atoms with Crippen LogP contribution in [0, 0.1) is 11.7 Å². The van der Waals surface area contributed by atoms with Gasteiger partial charge in [0, 0.05) is 19.1 Å². The van der Waals surface area contributed by atoms with Crippen LogP contribution in [0.2, 0.25) is 0 Å². The van der Waals surface area contributed by atoms with E-state index in [1.165, 1.54) is 7.11 Å². The summed E-state index contributed by atoms with van der Waals surface area (Å²) in [5.41, 5.74) is 7.16. The summed E-state index contributed by atoms with van der Waals surface area (Å²) in [6, 6.07) is 9.67. The first-order chi connectivity index (χ1) is 15.4. The van der Waals surface area contributed by atoms with Gasteiger partial charge in [-0.3, -0.25) is 9.20 Å². The fourth-order valence-electron chi connectivity index (χ4n) is 4.86. The van der Waals surface area contributed by atoms with E-state index in [0.717, 1.165) is 35.4 Å².